The molecular formula is C9H19NO3S. The molecule has 0 aromatic heterocycles. The molecule has 0 heterocycles. The fourth-order valence-electron chi connectivity index (χ4n) is 1.26. The normalized spacial score (nSPS) is 17.4. The lowest BCUT2D eigenvalue weighted by atomic mass is 9.99. The highest BCUT2D eigenvalue weighted by atomic mass is 32.2. The van der Waals surface area contributed by atoms with Crippen LogP contribution in [-0.4, -0.2) is 46.9 Å². The molecule has 3 unspecified atom stereocenters. The van der Waals surface area contributed by atoms with E-state index in [0.29, 0.717) is 6.54 Å². The predicted octanol–water partition coefficient (Wildman–Crippen LogP) is 0.409. The van der Waals surface area contributed by atoms with Gasteiger partial charge in [0.15, 0.2) is 0 Å². The van der Waals surface area contributed by atoms with E-state index in [9.17, 15) is 9.90 Å². The minimum atomic E-state index is -0.993. The van der Waals surface area contributed by atoms with Crippen molar-refractivity contribution in [3.8, 4) is 0 Å². The predicted molar refractivity (Wildman–Crippen MR) is 58.7 cm³/mol. The van der Waals surface area contributed by atoms with Crippen molar-refractivity contribution >= 4 is 17.7 Å². The largest absolute Gasteiger partial charge is 0.480 e. The molecule has 0 fully saturated rings. The van der Waals surface area contributed by atoms with E-state index in [0.717, 1.165) is 5.75 Å². The number of aliphatic carboxylic acids is 1. The topological polar surface area (TPSA) is 69.6 Å². The van der Waals surface area contributed by atoms with Crippen molar-refractivity contribution in [2.75, 3.05) is 18.6 Å². The van der Waals surface area contributed by atoms with Crippen molar-refractivity contribution in [2.45, 2.75) is 26.0 Å². The Morgan fingerprint density at radius 3 is 2.50 bits per heavy atom. The van der Waals surface area contributed by atoms with E-state index in [-0.39, 0.29) is 5.92 Å². The van der Waals surface area contributed by atoms with Crippen molar-refractivity contribution in [2.24, 2.45) is 5.92 Å². The minimum absolute atomic E-state index is 0.0230. The number of carboxylic acid groups (broad SMARTS) is 1. The molecule has 0 amide bonds. The van der Waals surface area contributed by atoms with Crippen LogP contribution in [0.15, 0.2) is 0 Å². The van der Waals surface area contributed by atoms with Gasteiger partial charge in [-0.2, -0.15) is 11.8 Å². The Morgan fingerprint density at radius 2 is 2.14 bits per heavy atom. The maximum atomic E-state index is 10.8. The number of thioether (sulfide) groups is 1. The van der Waals surface area contributed by atoms with Gasteiger partial charge in [0.2, 0.25) is 0 Å². The lowest BCUT2D eigenvalue weighted by Crippen LogP contribution is -2.49. The van der Waals surface area contributed by atoms with Gasteiger partial charge in [0.25, 0.3) is 0 Å². The second kappa shape index (κ2) is 7.09. The second-order valence-corrected chi connectivity index (χ2v) is 4.21. The summed E-state index contributed by atoms with van der Waals surface area (Å²) < 4.78 is 0. The lowest BCUT2D eigenvalue weighted by Gasteiger charge is -2.24. The van der Waals surface area contributed by atoms with Crippen molar-refractivity contribution in [3.63, 3.8) is 0 Å². The Hall–Kier alpha value is -0.260. The number of hydrogen-bond acceptors (Lipinski definition) is 4. The Morgan fingerprint density at radius 1 is 1.57 bits per heavy atom. The molecule has 0 saturated carbocycles. The molecule has 14 heavy (non-hydrogen) atoms. The van der Waals surface area contributed by atoms with Gasteiger partial charge in [-0.25, -0.2) is 0 Å². The van der Waals surface area contributed by atoms with Crippen LogP contribution >= 0.6 is 11.8 Å². The van der Waals surface area contributed by atoms with Gasteiger partial charge in [0, 0.05) is 0 Å². The third-order valence-electron chi connectivity index (χ3n) is 2.04. The number of hydrogen-bond donors (Lipinski definition) is 3. The molecule has 0 saturated heterocycles. The first-order valence-corrected chi connectivity index (χ1v) is 6.07. The number of carbonyl (C=O) groups is 1. The summed E-state index contributed by atoms with van der Waals surface area (Å²) in [5.74, 6) is -0.256. The Bertz CT molecular complexity index is 177. The summed E-state index contributed by atoms with van der Waals surface area (Å²) in [7, 11) is 0. The first kappa shape index (κ1) is 13.7. The molecule has 0 spiro atoms. The molecule has 3 atom stereocenters. The molecular weight excluding hydrogens is 202 g/mol. The Balaban J connectivity index is 4.26. The van der Waals surface area contributed by atoms with Gasteiger partial charge in [-0.1, -0.05) is 13.8 Å². The van der Waals surface area contributed by atoms with Gasteiger partial charge in [0.05, 0.1) is 6.10 Å². The maximum absolute atomic E-state index is 10.8. The molecule has 0 aromatic carbocycles. The van der Waals surface area contributed by atoms with Crippen molar-refractivity contribution in [1.82, 2.24) is 5.32 Å². The van der Waals surface area contributed by atoms with Crippen LogP contribution in [0.4, 0.5) is 0 Å². The quantitative estimate of drug-likeness (QED) is 0.581. The highest BCUT2D eigenvalue weighted by molar-refractivity contribution is 7.98. The highest BCUT2D eigenvalue weighted by Crippen LogP contribution is 2.12. The molecule has 0 aliphatic carbocycles. The van der Waals surface area contributed by atoms with Crippen LogP contribution in [0, 0.1) is 5.92 Å². The van der Waals surface area contributed by atoms with Crippen LogP contribution in [-0.2, 0) is 4.79 Å². The van der Waals surface area contributed by atoms with E-state index >= 15 is 0 Å². The SMILES string of the molecule is CCNC(C(=O)O)C(O)C(C)CSC. The van der Waals surface area contributed by atoms with E-state index in [2.05, 4.69) is 5.32 Å². The van der Waals surface area contributed by atoms with Crippen LogP contribution in [0.3, 0.4) is 0 Å². The summed E-state index contributed by atoms with van der Waals surface area (Å²) in [5.41, 5.74) is 0. The van der Waals surface area contributed by atoms with Crippen molar-refractivity contribution in [3.05, 3.63) is 0 Å². The van der Waals surface area contributed by atoms with E-state index in [1.54, 1.807) is 11.8 Å². The maximum Gasteiger partial charge on any atom is 0.323 e. The zero-order valence-corrected chi connectivity index (χ0v) is 9.67. The van der Waals surface area contributed by atoms with Crippen molar-refractivity contribution < 1.29 is 15.0 Å². The van der Waals surface area contributed by atoms with Crippen LogP contribution in [0.1, 0.15) is 13.8 Å². The number of aliphatic hydroxyl groups excluding tert-OH is 1. The van der Waals surface area contributed by atoms with Crippen molar-refractivity contribution in [1.29, 1.82) is 0 Å². The van der Waals surface area contributed by atoms with Gasteiger partial charge >= 0.3 is 5.97 Å². The summed E-state index contributed by atoms with van der Waals surface area (Å²) in [5, 5.41) is 21.4. The zero-order chi connectivity index (χ0) is 11.1. The summed E-state index contributed by atoms with van der Waals surface area (Å²) in [6, 6.07) is -0.859. The van der Waals surface area contributed by atoms with Crippen LogP contribution in [0.2, 0.25) is 0 Å². The van der Waals surface area contributed by atoms with E-state index in [1.807, 2.05) is 20.1 Å². The molecule has 4 nitrogen and oxygen atoms in total. The molecule has 84 valence electrons. The standard InChI is InChI=1S/C9H19NO3S/c1-4-10-7(9(12)13)8(11)6(2)5-14-3/h6-8,10-11H,4-5H2,1-3H3,(H,12,13). The lowest BCUT2D eigenvalue weighted by molar-refractivity contribution is -0.143. The summed E-state index contributed by atoms with van der Waals surface area (Å²) in [4.78, 5) is 10.8. The fraction of sp³-hybridized carbons (Fsp3) is 0.889. The fourth-order valence-corrected chi connectivity index (χ4v) is 1.99. The van der Waals surface area contributed by atoms with Gasteiger partial charge < -0.3 is 15.5 Å². The molecule has 0 aromatic rings. The van der Waals surface area contributed by atoms with Crippen LogP contribution < -0.4 is 5.32 Å². The molecule has 5 heteroatoms. The number of aliphatic hydroxyl groups is 1. The van der Waals surface area contributed by atoms with E-state index < -0.39 is 18.1 Å². The summed E-state index contributed by atoms with van der Waals surface area (Å²) >= 11 is 1.60. The monoisotopic (exact) mass is 221 g/mol. The van der Waals surface area contributed by atoms with Gasteiger partial charge in [-0.05, 0) is 24.5 Å². The Kier molecular flexibility index (Phi) is 6.96. The highest BCUT2D eigenvalue weighted by Gasteiger charge is 2.29. The van der Waals surface area contributed by atoms with E-state index in [1.165, 1.54) is 0 Å². The van der Waals surface area contributed by atoms with Gasteiger partial charge in [-0.15, -0.1) is 0 Å². The van der Waals surface area contributed by atoms with Gasteiger partial charge in [0.1, 0.15) is 6.04 Å². The number of rotatable bonds is 7. The summed E-state index contributed by atoms with van der Waals surface area (Å²) in [6.07, 6.45) is 1.10. The molecule has 0 rings (SSSR count). The second-order valence-electron chi connectivity index (χ2n) is 3.30. The first-order valence-electron chi connectivity index (χ1n) is 4.67. The van der Waals surface area contributed by atoms with Crippen LogP contribution in [0.25, 0.3) is 0 Å². The Labute approximate surface area is 89.1 Å². The van der Waals surface area contributed by atoms with Crippen LogP contribution in [0.5, 0.6) is 0 Å². The molecule has 0 radical (unpaired) electrons. The number of carboxylic acids is 1. The number of nitrogens with one attached hydrogen (secondary N) is 1. The third kappa shape index (κ3) is 4.30. The minimum Gasteiger partial charge on any atom is -0.480 e. The average Bonchev–Trinajstić information content (AvgIpc) is 2.13. The number of likely N-dealkylation sites (N-methyl/N-ethyl adjacent to an activating group) is 1. The molecule has 0 aliphatic rings. The molecule has 3 N–H and O–H groups in total. The summed E-state index contributed by atoms with van der Waals surface area (Å²) in [6.45, 7) is 4.22. The van der Waals surface area contributed by atoms with Gasteiger partial charge in [-0.3, -0.25) is 4.79 Å². The molecule has 0 bridgehead atoms. The average molecular weight is 221 g/mol. The van der Waals surface area contributed by atoms with E-state index in [4.69, 9.17) is 5.11 Å². The smallest absolute Gasteiger partial charge is 0.323 e. The first-order chi connectivity index (χ1) is 6.54. The third-order valence-corrected chi connectivity index (χ3v) is 2.90. The molecule has 0 aliphatic heterocycles. The zero-order valence-electron chi connectivity index (χ0n) is 8.86.